The zero-order valence-electron chi connectivity index (χ0n) is 12.1. The molecule has 0 bridgehead atoms. The van der Waals surface area contributed by atoms with Crippen LogP contribution in [0, 0.1) is 11.8 Å². The molecular formula is C15H28N2O2. The van der Waals surface area contributed by atoms with E-state index in [0.29, 0.717) is 6.54 Å². The second-order valence-electron chi connectivity index (χ2n) is 6.48. The van der Waals surface area contributed by atoms with Crippen molar-refractivity contribution in [3.63, 3.8) is 0 Å². The number of rotatable bonds is 6. The second kappa shape index (κ2) is 6.23. The third kappa shape index (κ3) is 3.69. The predicted octanol–water partition coefficient (Wildman–Crippen LogP) is 2.08. The number of nitrogens with two attached hydrogens (primary N) is 1. The maximum atomic E-state index is 11.5. The second-order valence-corrected chi connectivity index (χ2v) is 6.48. The molecule has 0 aromatic heterocycles. The van der Waals surface area contributed by atoms with Crippen LogP contribution in [0.4, 0.5) is 0 Å². The fraction of sp³-hybridized carbons (Fsp3) is 0.933. The number of hydrogen-bond donors (Lipinski definition) is 2. The predicted molar refractivity (Wildman–Crippen MR) is 76.0 cm³/mol. The Kier molecular flexibility index (Phi) is 4.85. The molecule has 0 aromatic carbocycles. The highest BCUT2D eigenvalue weighted by Crippen LogP contribution is 2.39. The molecule has 4 nitrogen and oxygen atoms in total. The zero-order valence-corrected chi connectivity index (χ0v) is 12.1. The van der Waals surface area contributed by atoms with Crippen molar-refractivity contribution in [3.05, 3.63) is 0 Å². The standard InChI is InChI=1S/C15H28N2O2/c1-2-4-12-5-3-9-17(10-8-12)11-15(16,14(18)19)13-6-7-13/h12-13H,2-11,16H2,1H3,(H,18,19). The molecule has 19 heavy (non-hydrogen) atoms. The first-order chi connectivity index (χ1) is 9.06. The summed E-state index contributed by atoms with van der Waals surface area (Å²) in [7, 11) is 0. The Hall–Kier alpha value is -0.610. The zero-order chi connectivity index (χ0) is 13.9. The van der Waals surface area contributed by atoms with Gasteiger partial charge in [0.15, 0.2) is 0 Å². The smallest absolute Gasteiger partial charge is 0.325 e. The highest BCUT2D eigenvalue weighted by molar-refractivity contribution is 5.79. The third-order valence-electron chi connectivity index (χ3n) is 4.83. The number of nitrogens with zero attached hydrogens (tertiary/aromatic N) is 1. The maximum Gasteiger partial charge on any atom is 0.325 e. The van der Waals surface area contributed by atoms with Crippen LogP contribution in [0.3, 0.4) is 0 Å². The number of carboxylic acids is 1. The highest BCUT2D eigenvalue weighted by Gasteiger charge is 2.49. The summed E-state index contributed by atoms with van der Waals surface area (Å²) in [5.41, 5.74) is 5.17. The van der Waals surface area contributed by atoms with E-state index in [-0.39, 0.29) is 5.92 Å². The minimum Gasteiger partial charge on any atom is -0.480 e. The molecule has 1 heterocycles. The topological polar surface area (TPSA) is 66.6 Å². The Bertz CT molecular complexity index is 317. The van der Waals surface area contributed by atoms with Crippen LogP contribution in [0.25, 0.3) is 0 Å². The Morgan fingerprint density at radius 2 is 2.05 bits per heavy atom. The summed E-state index contributed by atoms with van der Waals surface area (Å²) in [6.45, 7) is 4.81. The molecule has 2 unspecified atom stereocenters. The molecule has 2 rings (SSSR count). The molecule has 1 saturated carbocycles. The third-order valence-corrected chi connectivity index (χ3v) is 4.83. The lowest BCUT2D eigenvalue weighted by molar-refractivity contribution is -0.145. The first-order valence-electron chi connectivity index (χ1n) is 7.81. The highest BCUT2D eigenvalue weighted by atomic mass is 16.4. The van der Waals surface area contributed by atoms with Crippen LogP contribution in [0.1, 0.15) is 51.9 Å². The lowest BCUT2D eigenvalue weighted by atomic mass is 9.93. The lowest BCUT2D eigenvalue weighted by Crippen LogP contribution is -2.58. The number of aliphatic carboxylic acids is 1. The lowest BCUT2D eigenvalue weighted by Gasteiger charge is -2.31. The molecule has 2 aliphatic rings. The average molecular weight is 268 g/mol. The molecule has 1 aliphatic carbocycles. The van der Waals surface area contributed by atoms with Crippen LogP contribution >= 0.6 is 0 Å². The van der Waals surface area contributed by atoms with Gasteiger partial charge in [0.05, 0.1) is 0 Å². The van der Waals surface area contributed by atoms with Crippen molar-refractivity contribution in [1.82, 2.24) is 4.90 Å². The van der Waals surface area contributed by atoms with Crippen molar-refractivity contribution in [3.8, 4) is 0 Å². The summed E-state index contributed by atoms with van der Waals surface area (Å²) in [6.07, 6.45) is 8.20. The van der Waals surface area contributed by atoms with E-state index in [1.807, 2.05) is 0 Å². The van der Waals surface area contributed by atoms with E-state index in [4.69, 9.17) is 5.73 Å². The van der Waals surface area contributed by atoms with Crippen molar-refractivity contribution in [2.45, 2.75) is 57.4 Å². The molecule has 2 atom stereocenters. The van der Waals surface area contributed by atoms with Gasteiger partial charge < -0.3 is 15.7 Å². The largest absolute Gasteiger partial charge is 0.480 e. The van der Waals surface area contributed by atoms with Crippen LogP contribution in [0.15, 0.2) is 0 Å². The first-order valence-corrected chi connectivity index (χ1v) is 7.81. The van der Waals surface area contributed by atoms with Crippen molar-refractivity contribution >= 4 is 5.97 Å². The van der Waals surface area contributed by atoms with Gasteiger partial charge in [0.2, 0.25) is 0 Å². The molecule has 0 aromatic rings. The molecule has 1 saturated heterocycles. The fourth-order valence-corrected chi connectivity index (χ4v) is 3.42. The molecule has 3 N–H and O–H groups in total. The van der Waals surface area contributed by atoms with Crippen LogP contribution in [0.5, 0.6) is 0 Å². The normalized spacial score (nSPS) is 28.6. The van der Waals surface area contributed by atoms with Gasteiger partial charge in [-0.3, -0.25) is 4.79 Å². The molecule has 110 valence electrons. The van der Waals surface area contributed by atoms with E-state index in [2.05, 4.69) is 11.8 Å². The van der Waals surface area contributed by atoms with Crippen molar-refractivity contribution < 1.29 is 9.90 Å². The molecule has 0 spiro atoms. The summed E-state index contributed by atoms with van der Waals surface area (Å²) in [5.74, 6) is 0.206. The van der Waals surface area contributed by atoms with Gasteiger partial charge in [-0.2, -0.15) is 0 Å². The van der Waals surface area contributed by atoms with Gasteiger partial charge in [-0.1, -0.05) is 19.8 Å². The Morgan fingerprint density at radius 3 is 2.63 bits per heavy atom. The molecule has 0 radical (unpaired) electrons. The molecular weight excluding hydrogens is 240 g/mol. The summed E-state index contributed by atoms with van der Waals surface area (Å²) in [5, 5.41) is 9.43. The average Bonchev–Trinajstić information content (AvgIpc) is 3.17. The Morgan fingerprint density at radius 1 is 1.32 bits per heavy atom. The number of likely N-dealkylation sites (tertiary alicyclic amines) is 1. The van der Waals surface area contributed by atoms with Gasteiger partial charge in [0.25, 0.3) is 0 Å². The monoisotopic (exact) mass is 268 g/mol. The van der Waals surface area contributed by atoms with E-state index < -0.39 is 11.5 Å². The number of carbonyl (C=O) groups is 1. The molecule has 1 aliphatic heterocycles. The Balaban J connectivity index is 1.89. The van der Waals surface area contributed by atoms with Gasteiger partial charge >= 0.3 is 5.97 Å². The number of hydrogen-bond acceptors (Lipinski definition) is 3. The van der Waals surface area contributed by atoms with Gasteiger partial charge in [-0.25, -0.2) is 0 Å². The van der Waals surface area contributed by atoms with Crippen molar-refractivity contribution in [2.24, 2.45) is 17.6 Å². The van der Waals surface area contributed by atoms with E-state index in [0.717, 1.165) is 31.8 Å². The summed E-state index contributed by atoms with van der Waals surface area (Å²) < 4.78 is 0. The van der Waals surface area contributed by atoms with E-state index in [9.17, 15) is 9.90 Å². The van der Waals surface area contributed by atoms with Gasteiger partial charge in [-0.05, 0) is 57.0 Å². The van der Waals surface area contributed by atoms with Gasteiger partial charge in [0, 0.05) is 6.54 Å². The summed E-state index contributed by atoms with van der Waals surface area (Å²) >= 11 is 0. The minimum atomic E-state index is -1.01. The van der Waals surface area contributed by atoms with Crippen molar-refractivity contribution in [1.29, 1.82) is 0 Å². The van der Waals surface area contributed by atoms with Crippen LogP contribution in [0.2, 0.25) is 0 Å². The fourth-order valence-electron chi connectivity index (χ4n) is 3.42. The Labute approximate surface area is 116 Å². The van der Waals surface area contributed by atoms with E-state index >= 15 is 0 Å². The molecule has 0 amide bonds. The van der Waals surface area contributed by atoms with Gasteiger partial charge in [0.1, 0.15) is 5.54 Å². The van der Waals surface area contributed by atoms with E-state index in [1.54, 1.807) is 0 Å². The van der Waals surface area contributed by atoms with Crippen molar-refractivity contribution in [2.75, 3.05) is 19.6 Å². The summed E-state index contributed by atoms with van der Waals surface area (Å²) in [6, 6.07) is 0. The molecule has 4 heteroatoms. The number of carboxylic acid groups (broad SMARTS) is 1. The van der Waals surface area contributed by atoms with Crippen LogP contribution in [-0.4, -0.2) is 41.1 Å². The van der Waals surface area contributed by atoms with Gasteiger partial charge in [-0.15, -0.1) is 0 Å². The SMILES string of the molecule is CCCC1CCCN(CC(N)(C(=O)O)C2CC2)CC1. The maximum absolute atomic E-state index is 11.5. The van der Waals surface area contributed by atoms with Crippen LogP contribution < -0.4 is 5.73 Å². The minimum absolute atomic E-state index is 0.194. The quantitative estimate of drug-likeness (QED) is 0.774. The molecule has 2 fully saturated rings. The summed E-state index contributed by atoms with van der Waals surface area (Å²) in [4.78, 5) is 13.8. The van der Waals surface area contributed by atoms with Crippen LogP contribution in [-0.2, 0) is 4.79 Å². The van der Waals surface area contributed by atoms with E-state index in [1.165, 1.54) is 32.1 Å². The first kappa shape index (κ1) is 14.8.